The summed E-state index contributed by atoms with van der Waals surface area (Å²) in [5.41, 5.74) is 3.26. The van der Waals surface area contributed by atoms with E-state index in [1.807, 2.05) is 13.8 Å². The minimum absolute atomic E-state index is 0.641. The van der Waals surface area contributed by atoms with Gasteiger partial charge in [0.25, 0.3) is 0 Å². The molecule has 1 heterocycles. The molecule has 1 fully saturated rings. The van der Waals surface area contributed by atoms with Gasteiger partial charge in [-0.25, -0.2) is 4.98 Å². The molecule has 0 radical (unpaired) electrons. The van der Waals surface area contributed by atoms with E-state index in [0.717, 1.165) is 17.9 Å². The summed E-state index contributed by atoms with van der Waals surface area (Å²) >= 11 is 0. The predicted molar refractivity (Wildman–Crippen MR) is 75.1 cm³/mol. The van der Waals surface area contributed by atoms with Gasteiger partial charge in [-0.15, -0.1) is 5.10 Å². The lowest BCUT2D eigenvalue weighted by Gasteiger charge is -2.05. The maximum atomic E-state index is 4.39. The topological polar surface area (TPSA) is 50.7 Å². The maximum Gasteiger partial charge on any atom is 0.242 e. The lowest BCUT2D eigenvalue weighted by Crippen LogP contribution is -2.10. The summed E-state index contributed by atoms with van der Waals surface area (Å²) in [6.07, 6.45) is 1.25. The van der Waals surface area contributed by atoms with E-state index in [9.17, 15) is 0 Å². The lowest BCUT2D eigenvalue weighted by atomic mass is 10.1. The van der Waals surface area contributed by atoms with Gasteiger partial charge in [-0.2, -0.15) is 5.10 Å². The van der Waals surface area contributed by atoms with Gasteiger partial charge in [0, 0.05) is 6.54 Å². The second kappa shape index (κ2) is 4.96. The minimum Gasteiger partial charge on any atom is -0.353 e. The summed E-state index contributed by atoms with van der Waals surface area (Å²) < 4.78 is 0. The molecule has 0 saturated heterocycles. The van der Waals surface area contributed by atoms with E-state index in [1.54, 1.807) is 0 Å². The summed E-state index contributed by atoms with van der Waals surface area (Å²) in [4.78, 5) is 4.39. The highest BCUT2D eigenvalue weighted by atomic mass is 15.2. The van der Waals surface area contributed by atoms with Gasteiger partial charge in [0.2, 0.25) is 5.95 Å². The molecule has 1 aromatic heterocycles. The van der Waals surface area contributed by atoms with Crippen molar-refractivity contribution in [1.82, 2.24) is 15.2 Å². The largest absolute Gasteiger partial charge is 0.353 e. The Kier molecular flexibility index (Phi) is 3.15. The number of aryl methyl sites for hydroxylation is 2. The average molecular weight is 254 g/mol. The quantitative estimate of drug-likeness (QED) is 0.911. The summed E-state index contributed by atoms with van der Waals surface area (Å²) in [6, 6.07) is 10.7. The molecule has 1 aliphatic carbocycles. The molecular formula is C15H18N4. The van der Waals surface area contributed by atoms with Gasteiger partial charge in [-0.05, 0) is 37.7 Å². The molecule has 1 aromatic carbocycles. The number of anilines is 1. The summed E-state index contributed by atoms with van der Waals surface area (Å²) in [6.45, 7) is 4.80. The van der Waals surface area contributed by atoms with Crippen LogP contribution in [0, 0.1) is 19.8 Å². The molecule has 1 N–H and O–H groups in total. The Morgan fingerprint density at radius 1 is 1.11 bits per heavy atom. The first kappa shape index (κ1) is 12.1. The molecule has 19 heavy (non-hydrogen) atoms. The van der Waals surface area contributed by atoms with Gasteiger partial charge in [-0.3, -0.25) is 0 Å². The number of rotatable bonds is 4. The third-order valence-corrected chi connectivity index (χ3v) is 3.76. The lowest BCUT2D eigenvalue weighted by molar-refractivity contribution is 0.814. The van der Waals surface area contributed by atoms with E-state index in [0.29, 0.717) is 17.8 Å². The number of benzene rings is 1. The van der Waals surface area contributed by atoms with Gasteiger partial charge < -0.3 is 5.32 Å². The molecule has 0 spiro atoms. The van der Waals surface area contributed by atoms with Crippen LogP contribution in [-0.2, 0) is 0 Å². The van der Waals surface area contributed by atoms with Gasteiger partial charge in [0.15, 0.2) is 0 Å². The Balaban J connectivity index is 1.56. The van der Waals surface area contributed by atoms with Crippen LogP contribution in [0.2, 0.25) is 0 Å². The molecule has 2 atom stereocenters. The van der Waals surface area contributed by atoms with Crippen LogP contribution in [0.1, 0.15) is 29.3 Å². The Morgan fingerprint density at radius 3 is 2.63 bits per heavy atom. The smallest absolute Gasteiger partial charge is 0.242 e. The maximum absolute atomic E-state index is 4.39. The fourth-order valence-electron chi connectivity index (χ4n) is 2.34. The van der Waals surface area contributed by atoms with Crippen LogP contribution >= 0.6 is 0 Å². The fraction of sp³-hybridized carbons (Fsp3) is 0.400. The average Bonchev–Trinajstić information content (AvgIpc) is 3.21. The van der Waals surface area contributed by atoms with Crippen LogP contribution in [0.25, 0.3) is 0 Å². The second-order valence-electron chi connectivity index (χ2n) is 5.20. The molecule has 0 bridgehead atoms. The molecule has 0 unspecified atom stereocenters. The Morgan fingerprint density at radius 2 is 1.89 bits per heavy atom. The van der Waals surface area contributed by atoms with Crippen LogP contribution < -0.4 is 5.32 Å². The van der Waals surface area contributed by atoms with Crippen molar-refractivity contribution in [3.05, 3.63) is 47.3 Å². The molecular weight excluding hydrogens is 236 g/mol. The number of nitrogens with zero attached hydrogens (tertiary/aromatic N) is 3. The highest BCUT2D eigenvalue weighted by Crippen LogP contribution is 2.47. The molecule has 2 aromatic rings. The number of hydrogen-bond acceptors (Lipinski definition) is 4. The molecule has 0 aliphatic heterocycles. The zero-order valence-corrected chi connectivity index (χ0v) is 11.3. The third kappa shape index (κ3) is 2.72. The van der Waals surface area contributed by atoms with Crippen molar-refractivity contribution in [2.45, 2.75) is 26.2 Å². The predicted octanol–water partition coefficient (Wildman–Crippen LogP) is 2.70. The van der Waals surface area contributed by atoms with E-state index in [4.69, 9.17) is 0 Å². The molecule has 3 rings (SSSR count). The molecule has 98 valence electrons. The minimum atomic E-state index is 0.641. The highest BCUT2D eigenvalue weighted by molar-refractivity contribution is 5.29. The van der Waals surface area contributed by atoms with Crippen molar-refractivity contribution >= 4 is 5.95 Å². The van der Waals surface area contributed by atoms with Crippen molar-refractivity contribution in [2.24, 2.45) is 5.92 Å². The summed E-state index contributed by atoms with van der Waals surface area (Å²) in [7, 11) is 0. The number of nitrogens with one attached hydrogen (secondary N) is 1. The molecule has 1 aliphatic rings. The van der Waals surface area contributed by atoms with Gasteiger partial charge in [0.05, 0.1) is 11.4 Å². The first-order valence-corrected chi connectivity index (χ1v) is 6.71. The van der Waals surface area contributed by atoms with Crippen molar-refractivity contribution < 1.29 is 0 Å². The normalized spacial score (nSPS) is 21.2. The highest BCUT2D eigenvalue weighted by Gasteiger charge is 2.37. The van der Waals surface area contributed by atoms with Crippen molar-refractivity contribution in [3.63, 3.8) is 0 Å². The van der Waals surface area contributed by atoms with E-state index in [2.05, 4.69) is 50.8 Å². The van der Waals surface area contributed by atoms with E-state index in [1.165, 1.54) is 12.0 Å². The van der Waals surface area contributed by atoms with Crippen LogP contribution in [0.3, 0.4) is 0 Å². The summed E-state index contributed by atoms with van der Waals surface area (Å²) in [5.74, 6) is 2.02. The zero-order chi connectivity index (χ0) is 13.2. The zero-order valence-electron chi connectivity index (χ0n) is 11.3. The van der Waals surface area contributed by atoms with Crippen LogP contribution in [0.5, 0.6) is 0 Å². The number of hydrogen-bond donors (Lipinski definition) is 1. The fourth-order valence-corrected chi connectivity index (χ4v) is 2.34. The first-order valence-electron chi connectivity index (χ1n) is 6.71. The van der Waals surface area contributed by atoms with Gasteiger partial charge in [0.1, 0.15) is 0 Å². The molecule has 4 heteroatoms. The number of aromatic nitrogens is 3. The van der Waals surface area contributed by atoms with Crippen LogP contribution in [0.4, 0.5) is 5.95 Å². The Labute approximate surface area is 113 Å². The Hall–Kier alpha value is -1.97. The van der Waals surface area contributed by atoms with Crippen LogP contribution in [0.15, 0.2) is 30.3 Å². The summed E-state index contributed by atoms with van der Waals surface area (Å²) in [5, 5.41) is 11.4. The molecule has 4 nitrogen and oxygen atoms in total. The van der Waals surface area contributed by atoms with Crippen LogP contribution in [-0.4, -0.2) is 21.7 Å². The second-order valence-corrected chi connectivity index (χ2v) is 5.20. The van der Waals surface area contributed by atoms with Crippen molar-refractivity contribution in [3.8, 4) is 0 Å². The van der Waals surface area contributed by atoms with E-state index >= 15 is 0 Å². The van der Waals surface area contributed by atoms with E-state index < -0.39 is 0 Å². The standard InChI is InChI=1S/C15H18N4/c1-10-11(2)18-19-15(17-10)16-9-13-8-14(13)12-6-4-3-5-7-12/h3-7,13-14H,8-9H2,1-2H3,(H,16,17,19)/t13-,14-/m0/s1. The van der Waals surface area contributed by atoms with Gasteiger partial charge in [-0.1, -0.05) is 30.3 Å². The first-order chi connectivity index (χ1) is 9.24. The third-order valence-electron chi connectivity index (χ3n) is 3.76. The monoisotopic (exact) mass is 254 g/mol. The van der Waals surface area contributed by atoms with Crippen molar-refractivity contribution in [1.29, 1.82) is 0 Å². The SMILES string of the molecule is Cc1nnc(NC[C@@H]2C[C@H]2c2ccccc2)nc1C. The van der Waals surface area contributed by atoms with Crippen molar-refractivity contribution in [2.75, 3.05) is 11.9 Å². The van der Waals surface area contributed by atoms with E-state index in [-0.39, 0.29) is 0 Å². The van der Waals surface area contributed by atoms with Gasteiger partial charge >= 0.3 is 0 Å². The molecule has 1 saturated carbocycles. The molecule has 0 amide bonds. The Bertz CT molecular complexity index is 568.